The molecule has 0 spiro atoms. The van der Waals surface area contributed by atoms with Gasteiger partial charge in [0.15, 0.2) is 10.6 Å². The van der Waals surface area contributed by atoms with E-state index in [0.717, 1.165) is 16.1 Å². The molecule has 0 radical (unpaired) electrons. The minimum Gasteiger partial charge on any atom is -0.243 e. The molecule has 0 bridgehead atoms. The quantitative estimate of drug-likeness (QED) is 0.780. The van der Waals surface area contributed by atoms with Crippen LogP contribution in [0.5, 0.6) is 0 Å². The number of benzene rings is 1. The Labute approximate surface area is 90.9 Å². The normalized spacial score (nSPS) is 10.5. The molecule has 72 valence electrons. The van der Waals surface area contributed by atoms with Crippen LogP contribution in [0.1, 0.15) is 5.56 Å². The Morgan fingerprint density at radius 1 is 1.36 bits per heavy atom. The molecule has 2 rings (SSSR count). The highest BCUT2D eigenvalue weighted by Crippen LogP contribution is 2.18. The van der Waals surface area contributed by atoms with E-state index in [4.69, 9.17) is 0 Å². The Kier molecular flexibility index (Phi) is 2.37. The lowest BCUT2D eigenvalue weighted by Crippen LogP contribution is -1.90. The van der Waals surface area contributed by atoms with Gasteiger partial charge in [0.2, 0.25) is 0 Å². The van der Waals surface area contributed by atoms with Gasteiger partial charge in [-0.15, -0.1) is 0 Å². The molecule has 0 amide bonds. The van der Waals surface area contributed by atoms with Crippen molar-refractivity contribution in [1.29, 1.82) is 0 Å². The lowest BCUT2D eigenvalue weighted by Gasteiger charge is -1.95. The molecule has 1 heterocycles. The van der Waals surface area contributed by atoms with Gasteiger partial charge in [-0.05, 0) is 28.9 Å². The molecule has 1 aromatic heterocycles. The van der Waals surface area contributed by atoms with Crippen LogP contribution in [-0.4, -0.2) is 14.8 Å². The zero-order valence-corrected chi connectivity index (χ0v) is 9.62. The molecule has 0 fully saturated rings. The summed E-state index contributed by atoms with van der Waals surface area (Å²) in [4.78, 5) is 4.29. The number of aryl methyl sites for hydroxylation is 2. The summed E-state index contributed by atoms with van der Waals surface area (Å²) in [6.45, 7) is 2.06. The van der Waals surface area contributed by atoms with E-state index in [2.05, 4.69) is 45.1 Å². The molecule has 4 heteroatoms. The molecule has 0 unspecified atom stereocenters. The van der Waals surface area contributed by atoms with E-state index >= 15 is 0 Å². The number of rotatable bonds is 1. The van der Waals surface area contributed by atoms with Crippen LogP contribution in [0.3, 0.4) is 0 Å². The van der Waals surface area contributed by atoms with Gasteiger partial charge in [-0.3, -0.25) is 0 Å². The first-order chi connectivity index (χ1) is 6.66. The average molecular weight is 252 g/mol. The molecular formula is C10H10BrN3. The molecule has 0 atom stereocenters. The predicted molar refractivity (Wildman–Crippen MR) is 58.9 cm³/mol. The fourth-order valence-electron chi connectivity index (χ4n) is 1.27. The minimum absolute atomic E-state index is 0.744. The Bertz CT molecular complexity index is 443. The second kappa shape index (κ2) is 3.53. The number of hydrogen-bond acceptors (Lipinski definition) is 2. The monoisotopic (exact) mass is 251 g/mol. The van der Waals surface area contributed by atoms with Crippen LogP contribution < -0.4 is 0 Å². The Morgan fingerprint density at radius 3 is 2.71 bits per heavy atom. The van der Waals surface area contributed by atoms with Gasteiger partial charge >= 0.3 is 0 Å². The Hall–Kier alpha value is -1.16. The van der Waals surface area contributed by atoms with Crippen molar-refractivity contribution in [2.24, 2.45) is 7.05 Å². The van der Waals surface area contributed by atoms with Gasteiger partial charge in [0.05, 0.1) is 0 Å². The van der Waals surface area contributed by atoms with E-state index in [0.29, 0.717) is 0 Å². The molecule has 0 saturated carbocycles. The van der Waals surface area contributed by atoms with Crippen molar-refractivity contribution in [3.05, 3.63) is 34.6 Å². The molecule has 3 nitrogen and oxygen atoms in total. The van der Waals surface area contributed by atoms with Gasteiger partial charge in [-0.2, -0.15) is 5.10 Å². The van der Waals surface area contributed by atoms with E-state index in [-0.39, 0.29) is 0 Å². The van der Waals surface area contributed by atoms with Gasteiger partial charge in [-0.25, -0.2) is 9.67 Å². The zero-order valence-electron chi connectivity index (χ0n) is 8.03. The molecule has 0 aliphatic rings. The van der Waals surface area contributed by atoms with Crippen LogP contribution >= 0.6 is 15.9 Å². The third kappa shape index (κ3) is 1.70. The first-order valence-corrected chi connectivity index (χ1v) is 5.09. The van der Waals surface area contributed by atoms with Crippen LogP contribution in [0, 0.1) is 6.92 Å². The van der Waals surface area contributed by atoms with Gasteiger partial charge in [-0.1, -0.05) is 23.8 Å². The largest absolute Gasteiger partial charge is 0.243 e. The summed E-state index contributed by atoms with van der Waals surface area (Å²) < 4.78 is 2.45. The van der Waals surface area contributed by atoms with Crippen LogP contribution in [0.4, 0.5) is 0 Å². The maximum Gasteiger partial charge on any atom is 0.195 e. The second-order valence-electron chi connectivity index (χ2n) is 3.20. The maximum atomic E-state index is 4.29. The van der Waals surface area contributed by atoms with Gasteiger partial charge < -0.3 is 0 Å². The van der Waals surface area contributed by atoms with Crippen LogP contribution in [-0.2, 0) is 7.05 Å². The first-order valence-electron chi connectivity index (χ1n) is 4.30. The molecule has 14 heavy (non-hydrogen) atoms. The summed E-state index contributed by atoms with van der Waals surface area (Å²) in [6, 6.07) is 8.15. The van der Waals surface area contributed by atoms with Gasteiger partial charge in [0.25, 0.3) is 0 Å². The van der Waals surface area contributed by atoms with Gasteiger partial charge in [0.1, 0.15) is 0 Å². The molecule has 2 aromatic rings. The summed E-state index contributed by atoms with van der Waals surface area (Å²) in [5.41, 5.74) is 2.26. The summed E-state index contributed by atoms with van der Waals surface area (Å²) in [5.74, 6) is 0.753. The minimum atomic E-state index is 0.744. The molecular weight excluding hydrogens is 242 g/mol. The van der Waals surface area contributed by atoms with E-state index in [1.807, 2.05) is 19.2 Å². The summed E-state index contributed by atoms with van der Waals surface area (Å²) in [6.07, 6.45) is 0. The molecule has 0 N–H and O–H groups in total. The fourth-order valence-corrected chi connectivity index (χ4v) is 1.52. The van der Waals surface area contributed by atoms with Crippen LogP contribution in [0.2, 0.25) is 0 Å². The average Bonchev–Trinajstić information content (AvgIpc) is 2.47. The highest BCUT2D eigenvalue weighted by atomic mass is 79.9. The summed E-state index contributed by atoms with van der Waals surface area (Å²) >= 11 is 3.32. The summed E-state index contributed by atoms with van der Waals surface area (Å²) in [5, 5.41) is 4.28. The molecule has 0 aliphatic carbocycles. The third-order valence-electron chi connectivity index (χ3n) is 1.99. The van der Waals surface area contributed by atoms with E-state index < -0.39 is 0 Å². The second-order valence-corrected chi connectivity index (χ2v) is 3.91. The van der Waals surface area contributed by atoms with Crippen molar-refractivity contribution in [1.82, 2.24) is 14.8 Å². The van der Waals surface area contributed by atoms with Crippen molar-refractivity contribution >= 4 is 15.9 Å². The highest BCUT2D eigenvalue weighted by molar-refractivity contribution is 9.10. The maximum absolute atomic E-state index is 4.29. The van der Waals surface area contributed by atoms with E-state index in [1.165, 1.54) is 5.56 Å². The third-order valence-corrected chi connectivity index (χ3v) is 2.68. The topological polar surface area (TPSA) is 30.7 Å². The molecule has 0 aliphatic heterocycles. The van der Waals surface area contributed by atoms with Crippen LogP contribution in [0.15, 0.2) is 29.0 Å². The molecule has 1 aromatic carbocycles. The smallest absolute Gasteiger partial charge is 0.195 e. The first kappa shape index (κ1) is 9.40. The van der Waals surface area contributed by atoms with Crippen molar-refractivity contribution in [2.45, 2.75) is 6.92 Å². The van der Waals surface area contributed by atoms with E-state index in [1.54, 1.807) is 4.68 Å². The Balaban J connectivity index is 2.49. The standard InChI is InChI=1S/C10H10BrN3/c1-7-4-3-5-8(6-7)9-12-10(11)14(2)13-9/h3-6H,1-2H3. The number of aromatic nitrogens is 3. The lowest BCUT2D eigenvalue weighted by molar-refractivity contribution is 0.747. The van der Waals surface area contributed by atoms with E-state index in [9.17, 15) is 0 Å². The van der Waals surface area contributed by atoms with Crippen LogP contribution in [0.25, 0.3) is 11.4 Å². The Morgan fingerprint density at radius 2 is 2.14 bits per heavy atom. The number of hydrogen-bond donors (Lipinski definition) is 0. The SMILES string of the molecule is Cc1cccc(-c2nc(Br)n(C)n2)c1. The van der Waals surface area contributed by atoms with Crippen molar-refractivity contribution in [3.8, 4) is 11.4 Å². The number of halogens is 1. The predicted octanol–water partition coefficient (Wildman–Crippen LogP) is 2.55. The highest BCUT2D eigenvalue weighted by Gasteiger charge is 2.06. The number of nitrogens with zero attached hydrogens (tertiary/aromatic N) is 3. The summed E-state index contributed by atoms with van der Waals surface area (Å²) in [7, 11) is 1.86. The van der Waals surface area contributed by atoms with Crippen molar-refractivity contribution in [2.75, 3.05) is 0 Å². The zero-order chi connectivity index (χ0) is 10.1. The van der Waals surface area contributed by atoms with Gasteiger partial charge in [0, 0.05) is 12.6 Å². The van der Waals surface area contributed by atoms with Crippen molar-refractivity contribution < 1.29 is 0 Å². The van der Waals surface area contributed by atoms with Crippen molar-refractivity contribution in [3.63, 3.8) is 0 Å². The lowest BCUT2D eigenvalue weighted by atomic mass is 10.1. The fraction of sp³-hybridized carbons (Fsp3) is 0.200. The molecule has 0 saturated heterocycles.